The monoisotopic (exact) mass is 315 g/mol. The third-order valence-corrected chi connectivity index (χ3v) is 3.31. The first-order chi connectivity index (χ1) is 11.0. The number of esters is 1. The quantitative estimate of drug-likeness (QED) is 0.489. The van der Waals surface area contributed by atoms with E-state index < -0.39 is 17.2 Å². The van der Waals surface area contributed by atoms with Crippen LogP contribution in [0.25, 0.3) is 0 Å². The van der Waals surface area contributed by atoms with Crippen molar-refractivity contribution < 1.29 is 23.9 Å². The fourth-order valence-corrected chi connectivity index (χ4v) is 2.24. The number of hydrogen-bond donors (Lipinski definition) is 0. The molecule has 1 aliphatic heterocycles. The van der Waals surface area contributed by atoms with Gasteiger partial charge in [-0.05, 0) is 24.3 Å². The topological polar surface area (TPSA) is 87.9 Å². The Kier molecular flexibility index (Phi) is 3.84. The molecule has 3 rings (SSSR count). The summed E-state index contributed by atoms with van der Waals surface area (Å²) in [6.07, 6.45) is -0.400. The van der Waals surface area contributed by atoms with Gasteiger partial charge in [0.15, 0.2) is 11.5 Å². The second-order valence-corrected chi connectivity index (χ2v) is 4.93. The number of benzene rings is 2. The van der Waals surface area contributed by atoms with Gasteiger partial charge in [-0.25, -0.2) is 4.79 Å². The van der Waals surface area contributed by atoms with E-state index in [9.17, 15) is 14.9 Å². The van der Waals surface area contributed by atoms with Crippen LogP contribution in [0.5, 0.6) is 11.5 Å². The summed E-state index contributed by atoms with van der Waals surface area (Å²) in [5.41, 5.74) is 0.542. The summed E-state index contributed by atoms with van der Waals surface area (Å²) < 4.78 is 15.9. The molecule has 2 aromatic carbocycles. The molecule has 23 heavy (non-hydrogen) atoms. The molecule has 1 heterocycles. The molecule has 0 bridgehead atoms. The molecule has 1 aliphatic rings. The third kappa shape index (κ3) is 3.08. The van der Waals surface area contributed by atoms with E-state index in [1.54, 1.807) is 37.3 Å². The maximum absolute atomic E-state index is 12.1. The van der Waals surface area contributed by atoms with E-state index in [1.807, 2.05) is 0 Å². The number of carbonyl (C=O) groups excluding carboxylic acids is 1. The lowest BCUT2D eigenvalue weighted by Crippen LogP contribution is -2.11. The highest BCUT2D eigenvalue weighted by Gasteiger charge is 2.22. The van der Waals surface area contributed by atoms with Crippen molar-refractivity contribution in [2.45, 2.75) is 19.8 Å². The largest absolute Gasteiger partial charge is 0.457 e. The highest BCUT2D eigenvalue weighted by atomic mass is 16.7. The second-order valence-electron chi connectivity index (χ2n) is 4.93. The Hall–Kier alpha value is -3.09. The molecule has 0 saturated heterocycles. The molecule has 0 N–H and O–H groups in total. The van der Waals surface area contributed by atoms with Crippen molar-refractivity contribution in [3.8, 4) is 11.5 Å². The first-order valence-electron chi connectivity index (χ1n) is 6.91. The lowest BCUT2D eigenvalue weighted by molar-refractivity contribution is -0.385. The maximum atomic E-state index is 12.1. The van der Waals surface area contributed by atoms with Gasteiger partial charge >= 0.3 is 5.97 Å². The highest BCUT2D eigenvalue weighted by molar-refractivity contribution is 5.90. The average molecular weight is 315 g/mol. The standard InChI is InChI=1S/C16H13NO6/c1-10-22-14-7-6-11(8-15(14)23-10)16(18)21-9-12-4-2-3-5-13(12)17(19)20/h2-8,10H,9H2,1H3. The molecule has 0 fully saturated rings. The minimum Gasteiger partial charge on any atom is -0.457 e. The van der Waals surface area contributed by atoms with Gasteiger partial charge in [-0.1, -0.05) is 12.1 Å². The molecule has 2 aromatic rings. The normalized spacial score (nSPS) is 15.3. The average Bonchev–Trinajstić information content (AvgIpc) is 2.91. The predicted molar refractivity (Wildman–Crippen MR) is 79.4 cm³/mol. The Morgan fingerprint density at radius 3 is 2.74 bits per heavy atom. The van der Waals surface area contributed by atoms with Crippen molar-refractivity contribution in [3.05, 3.63) is 63.7 Å². The Bertz CT molecular complexity index is 773. The van der Waals surface area contributed by atoms with E-state index in [2.05, 4.69) is 0 Å². The molecule has 1 unspecified atom stereocenters. The van der Waals surface area contributed by atoms with Gasteiger partial charge in [-0.2, -0.15) is 0 Å². The van der Waals surface area contributed by atoms with Crippen LogP contribution in [-0.2, 0) is 11.3 Å². The third-order valence-electron chi connectivity index (χ3n) is 3.31. The number of nitro groups is 1. The zero-order valence-electron chi connectivity index (χ0n) is 12.2. The summed E-state index contributed by atoms with van der Waals surface area (Å²) in [6.45, 7) is 1.56. The van der Waals surface area contributed by atoms with E-state index in [0.717, 1.165) is 0 Å². The minimum absolute atomic E-state index is 0.0835. The Labute approximate surface area is 131 Å². The van der Waals surface area contributed by atoms with Crippen molar-refractivity contribution >= 4 is 11.7 Å². The molecule has 118 valence electrons. The summed E-state index contributed by atoms with van der Waals surface area (Å²) in [5.74, 6) is 0.444. The van der Waals surface area contributed by atoms with E-state index in [4.69, 9.17) is 14.2 Å². The lowest BCUT2D eigenvalue weighted by atomic mass is 10.2. The summed E-state index contributed by atoms with van der Waals surface area (Å²) in [7, 11) is 0. The van der Waals surface area contributed by atoms with Gasteiger partial charge in [0.2, 0.25) is 6.29 Å². The van der Waals surface area contributed by atoms with Gasteiger partial charge in [0, 0.05) is 13.0 Å². The summed E-state index contributed by atoms with van der Waals surface area (Å²) in [6, 6.07) is 10.8. The van der Waals surface area contributed by atoms with Crippen LogP contribution in [0.4, 0.5) is 5.69 Å². The fourth-order valence-electron chi connectivity index (χ4n) is 2.24. The lowest BCUT2D eigenvalue weighted by Gasteiger charge is -2.06. The molecular weight excluding hydrogens is 302 g/mol. The van der Waals surface area contributed by atoms with Crippen molar-refractivity contribution in [1.82, 2.24) is 0 Å². The van der Waals surface area contributed by atoms with Crippen molar-refractivity contribution in [1.29, 1.82) is 0 Å². The highest BCUT2D eigenvalue weighted by Crippen LogP contribution is 2.35. The van der Waals surface area contributed by atoms with Crippen molar-refractivity contribution in [3.63, 3.8) is 0 Å². The molecule has 0 spiro atoms. The Morgan fingerprint density at radius 1 is 1.22 bits per heavy atom. The van der Waals surface area contributed by atoms with Crippen LogP contribution >= 0.6 is 0 Å². The number of para-hydroxylation sites is 1. The van der Waals surface area contributed by atoms with Crippen LogP contribution in [-0.4, -0.2) is 17.2 Å². The van der Waals surface area contributed by atoms with Crippen LogP contribution in [0, 0.1) is 10.1 Å². The van der Waals surface area contributed by atoms with Gasteiger partial charge in [0.25, 0.3) is 5.69 Å². The number of rotatable bonds is 4. The van der Waals surface area contributed by atoms with E-state index in [-0.39, 0.29) is 12.3 Å². The van der Waals surface area contributed by atoms with Crippen LogP contribution < -0.4 is 9.47 Å². The summed E-state index contributed by atoms with van der Waals surface area (Å²) in [5, 5.41) is 10.9. The Balaban J connectivity index is 1.71. The number of ether oxygens (including phenoxy) is 3. The molecule has 1 atom stereocenters. The molecule has 0 amide bonds. The van der Waals surface area contributed by atoms with Crippen molar-refractivity contribution in [2.24, 2.45) is 0 Å². The van der Waals surface area contributed by atoms with Crippen LogP contribution in [0.2, 0.25) is 0 Å². The molecule has 0 aromatic heterocycles. The predicted octanol–water partition coefficient (Wildman–Crippen LogP) is 3.07. The molecule has 0 aliphatic carbocycles. The van der Waals surface area contributed by atoms with E-state index in [1.165, 1.54) is 12.1 Å². The number of nitro benzene ring substituents is 1. The summed E-state index contributed by atoms with van der Waals surface area (Å²) in [4.78, 5) is 22.5. The van der Waals surface area contributed by atoms with E-state index in [0.29, 0.717) is 22.6 Å². The molecular formula is C16H13NO6. The zero-order chi connectivity index (χ0) is 16.4. The van der Waals surface area contributed by atoms with Gasteiger partial charge in [-0.15, -0.1) is 0 Å². The zero-order valence-corrected chi connectivity index (χ0v) is 12.2. The number of carbonyl (C=O) groups is 1. The summed E-state index contributed by atoms with van der Waals surface area (Å²) >= 11 is 0. The van der Waals surface area contributed by atoms with Gasteiger partial charge in [-0.3, -0.25) is 10.1 Å². The molecule has 7 nitrogen and oxygen atoms in total. The van der Waals surface area contributed by atoms with E-state index >= 15 is 0 Å². The number of hydrogen-bond acceptors (Lipinski definition) is 6. The maximum Gasteiger partial charge on any atom is 0.338 e. The first kappa shape index (κ1) is 14.8. The second kappa shape index (κ2) is 5.96. The van der Waals surface area contributed by atoms with Gasteiger partial charge < -0.3 is 14.2 Å². The SMILES string of the molecule is CC1Oc2ccc(C(=O)OCc3ccccc3[N+](=O)[O-])cc2O1. The van der Waals surface area contributed by atoms with Crippen LogP contribution in [0.15, 0.2) is 42.5 Å². The molecule has 7 heteroatoms. The number of fused-ring (bicyclic) bond motifs is 1. The fraction of sp³-hybridized carbons (Fsp3) is 0.188. The van der Waals surface area contributed by atoms with Gasteiger partial charge in [0.1, 0.15) is 6.61 Å². The molecule has 0 saturated carbocycles. The van der Waals surface area contributed by atoms with Crippen molar-refractivity contribution in [2.75, 3.05) is 0 Å². The smallest absolute Gasteiger partial charge is 0.338 e. The molecule has 0 radical (unpaired) electrons. The number of nitrogens with zero attached hydrogens (tertiary/aromatic N) is 1. The Morgan fingerprint density at radius 2 is 1.96 bits per heavy atom. The van der Waals surface area contributed by atoms with Crippen LogP contribution in [0.1, 0.15) is 22.8 Å². The minimum atomic E-state index is -0.589. The van der Waals surface area contributed by atoms with Crippen LogP contribution in [0.3, 0.4) is 0 Å². The first-order valence-corrected chi connectivity index (χ1v) is 6.91. The van der Waals surface area contributed by atoms with Gasteiger partial charge in [0.05, 0.1) is 16.1 Å².